The molecule has 0 unspecified atom stereocenters. The van der Waals surface area contributed by atoms with Gasteiger partial charge in [0, 0.05) is 56.1 Å². The number of aliphatic imine (C=N–C) groups is 1. The van der Waals surface area contributed by atoms with Crippen molar-refractivity contribution in [3.63, 3.8) is 0 Å². The first-order valence-electron chi connectivity index (χ1n) is 10.3. The molecular formula is C20H36IN5OS. The predicted octanol–water partition coefficient (Wildman–Crippen LogP) is 3.46. The van der Waals surface area contributed by atoms with Gasteiger partial charge in [-0.25, -0.2) is 4.98 Å². The highest BCUT2D eigenvalue weighted by Crippen LogP contribution is 2.17. The van der Waals surface area contributed by atoms with Crippen LogP contribution < -0.4 is 10.6 Å². The Balaban J connectivity index is 0.00000392. The normalized spacial score (nSPS) is 15.5. The molecule has 2 rings (SSSR count). The number of hydrogen-bond acceptors (Lipinski definition) is 4. The van der Waals surface area contributed by atoms with E-state index >= 15 is 0 Å². The summed E-state index contributed by atoms with van der Waals surface area (Å²) >= 11 is 1.79. The van der Waals surface area contributed by atoms with Crippen LogP contribution in [0, 0.1) is 5.92 Å². The van der Waals surface area contributed by atoms with E-state index in [1.54, 1.807) is 18.4 Å². The number of thiazole rings is 1. The summed E-state index contributed by atoms with van der Waals surface area (Å²) in [6, 6.07) is 0.369. The Morgan fingerprint density at radius 2 is 2.00 bits per heavy atom. The minimum atomic E-state index is 0. The number of carbonyl (C=O) groups excluding carboxylic acids is 1. The van der Waals surface area contributed by atoms with Crippen LogP contribution in [0.15, 0.2) is 11.2 Å². The smallest absolute Gasteiger partial charge is 0.225 e. The first kappa shape index (κ1) is 25.1. The van der Waals surface area contributed by atoms with Crippen LogP contribution in [0.3, 0.4) is 0 Å². The van der Waals surface area contributed by atoms with Gasteiger partial charge in [0.1, 0.15) is 0 Å². The van der Waals surface area contributed by atoms with Gasteiger partial charge in [-0.1, -0.05) is 20.8 Å². The number of piperidine rings is 1. The molecule has 0 radical (unpaired) electrons. The molecule has 160 valence electrons. The third kappa shape index (κ3) is 7.50. The third-order valence-electron chi connectivity index (χ3n) is 5.29. The fourth-order valence-corrected chi connectivity index (χ4v) is 4.31. The van der Waals surface area contributed by atoms with Gasteiger partial charge in [0.25, 0.3) is 0 Å². The Kier molecular flexibility index (Phi) is 12.0. The van der Waals surface area contributed by atoms with E-state index in [0.29, 0.717) is 11.9 Å². The molecule has 1 amide bonds. The Hall–Kier alpha value is -0.900. The highest BCUT2D eigenvalue weighted by molar-refractivity contribution is 14.0. The zero-order chi connectivity index (χ0) is 19.6. The number of halogens is 1. The molecule has 2 N–H and O–H groups in total. The largest absolute Gasteiger partial charge is 0.356 e. The summed E-state index contributed by atoms with van der Waals surface area (Å²) in [5.41, 5.74) is 0. The van der Waals surface area contributed by atoms with E-state index in [-0.39, 0.29) is 29.9 Å². The zero-order valence-electron chi connectivity index (χ0n) is 17.7. The van der Waals surface area contributed by atoms with Crippen LogP contribution in [0.4, 0.5) is 0 Å². The van der Waals surface area contributed by atoms with E-state index in [2.05, 4.69) is 41.4 Å². The van der Waals surface area contributed by atoms with Gasteiger partial charge in [-0.15, -0.1) is 35.3 Å². The number of hydrogen-bond donors (Lipinski definition) is 2. The van der Waals surface area contributed by atoms with Gasteiger partial charge in [-0.3, -0.25) is 9.79 Å². The van der Waals surface area contributed by atoms with Crippen LogP contribution in [-0.2, 0) is 17.6 Å². The molecule has 2 heterocycles. The first-order valence-corrected chi connectivity index (χ1v) is 11.1. The number of amides is 1. The monoisotopic (exact) mass is 521 g/mol. The van der Waals surface area contributed by atoms with Crippen molar-refractivity contribution in [2.24, 2.45) is 10.9 Å². The summed E-state index contributed by atoms with van der Waals surface area (Å²) < 4.78 is 0. The Morgan fingerprint density at radius 1 is 1.32 bits per heavy atom. The second kappa shape index (κ2) is 13.3. The fourth-order valence-electron chi connectivity index (χ4n) is 3.44. The molecule has 6 nitrogen and oxygen atoms in total. The molecule has 0 bridgehead atoms. The molecule has 1 fully saturated rings. The third-order valence-corrected chi connectivity index (χ3v) is 6.49. The van der Waals surface area contributed by atoms with Gasteiger partial charge in [0.15, 0.2) is 5.96 Å². The van der Waals surface area contributed by atoms with Crippen molar-refractivity contribution in [3.05, 3.63) is 16.1 Å². The van der Waals surface area contributed by atoms with Crippen molar-refractivity contribution < 1.29 is 4.79 Å². The summed E-state index contributed by atoms with van der Waals surface area (Å²) in [6.07, 6.45) is 7.74. The van der Waals surface area contributed by atoms with Crippen LogP contribution in [0.2, 0.25) is 0 Å². The van der Waals surface area contributed by atoms with Crippen molar-refractivity contribution in [2.45, 2.75) is 65.3 Å². The molecule has 1 aliphatic rings. The van der Waals surface area contributed by atoms with Gasteiger partial charge >= 0.3 is 0 Å². The molecule has 8 heteroatoms. The molecule has 0 saturated carbocycles. The Labute approximate surface area is 191 Å². The number of nitrogens with one attached hydrogen (secondary N) is 2. The first-order chi connectivity index (χ1) is 13.1. The van der Waals surface area contributed by atoms with Crippen molar-refractivity contribution >= 4 is 47.2 Å². The van der Waals surface area contributed by atoms with Gasteiger partial charge in [-0.05, 0) is 32.1 Å². The second-order valence-electron chi connectivity index (χ2n) is 7.08. The maximum absolute atomic E-state index is 12.5. The van der Waals surface area contributed by atoms with Crippen molar-refractivity contribution in [2.75, 3.05) is 26.7 Å². The van der Waals surface area contributed by atoms with Gasteiger partial charge in [-0.2, -0.15) is 0 Å². The lowest BCUT2D eigenvalue weighted by molar-refractivity contribution is -0.136. The van der Waals surface area contributed by atoms with Gasteiger partial charge < -0.3 is 15.5 Å². The van der Waals surface area contributed by atoms with Crippen LogP contribution in [-0.4, -0.2) is 54.5 Å². The highest BCUT2D eigenvalue weighted by Gasteiger charge is 2.26. The predicted molar refractivity (Wildman–Crippen MR) is 129 cm³/mol. The van der Waals surface area contributed by atoms with Crippen molar-refractivity contribution in [1.82, 2.24) is 20.5 Å². The number of aromatic nitrogens is 1. The lowest BCUT2D eigenvalue weighted by Gasteiger charge is -2.34. The van der Waals surface area contributed by atoms with Crippen LogP contribution in [0.25, 0.3) is 0 Å². The van der Waals surface area contributed by atoms with Crippen LogP contribution in [0.1, 0.15) is 56.3 Å². The molecule has 0 aromatic carbocycles. The lowest BCUT2D eigenvalue weighted by atomic mass is 9.98. The van der Waals surface area contributed by atoms with E-state index in [4.69, 9.17) is 0 Å². The number of aryl methyl sites for hydroxylation is 1. The van der Waals surface area contributed by atoms with Crippen LogP contribution >= 0.6 is 35.3 Å². The Bertz CT molecular complexity index is 609. The molecular weight excluding hydrogens is 485 g/mol. The number of guanidine groups is 1. The average Bonchev–Trinajstić information content (AvgIpc) is 3.16. The molecule has 0 atom stereocenters. The number of nitrogens with zero attached hydrogens (tertiary/aromatic N) is 3. The van der Waals surface area contributed by atoms with Gasteiger partial charge in [0.2, 0.25) is 5.91 Å². The zero-order valence-corrected chi connectivity index (χ0v) is 20.8. The maximum Gasteiger partial charge on any atom is 0.225 e. The van der Waals surface area contributed by atoms with Gasteiger partial charge in [0.05, 0.1) is 5.01 Å². The second-order valence-corrected chi connectivity index (χ2v) is 8.28. The lowest BCUT2D eigenvalue weighted by Crippen LogP contribution is -2.50. The quantitative estimate of drug-likeness (QED) is 0.313. The summed E-state index contributed by atoms with van der Waals surface area (Å²) in [7, 11) is 1.81. The van der Waals surface area contributed by atoms with E-state index in [9.17, 15) is 4.79 Å². The topological polar surface area (TPSA) is 69.6 Å². The molecule has 1 aromatic rings. The van der Waals surface area contributed by atoms with Crippen LogP contribution in [0.5, 0.6) is 0 Å². The minimum Gasteiger partial charge on any atom is -0.356 e. The molecule has 28 heavy (non-hydrogen) atoms. The molecule has 0 aliphatic carbocycles. The summed E-state index contributed by atoms with van der Waals surface area (Å²) in [5.74, 6) is 1.35. The van der Waals surface area contributed by atoms with E-state index in [1.807, 2.05) is 11.1 Å². The molecule has 0 spiro atoms. The maximum atomic E-state index is 12.5. The SMILES string of the molecule is CCc1cnc(CCNC(=NC)NC2CCN(C(=O)C(CC)CC)CC2)s1.I. The van der Waals surface area contributed by atoms with E-state index in [0.717, 1.165) is 64.1 Å². The standard InChI is InChI=1S/C20H35N5OS.HI/c1-5-15(6-2)19(26)25-12-9-16(10-13-25)24-20(21-4)22-11-8-18-23-14-17(7-3)27-18;/h14-16H,5-13H2,1-4H3,(H2,21,22,24);1H. The summed E-state index contributed by atoms with van der Waals surface area (Å²) in [6.45, 7) is 8.86. The number of rotatable bonds is 8. The highest BCUT2D eigenvalue weighted by atomic mass is 127. The molecule has 1 aliphatic heterocycles. The minimum absolute atomic E-state index is 0. The van der Waals surface area contributed by atoms with Crippen molar-refractivity contribution in [3.8, 4) is 0 Å². The number of carbonyl (C=O) groups is 1. The van der Waals surface area contributed by atoms with Crippen molar-refractivity contribution in [1.29, 1.82) is 0 Å². The Morgan fingerprint density at radius 3 is 2.54 bits per heavy atom. The fraction of sp³-hybridized carbons (Fsp3) is 0.750. The molecule has 1 saturated heterocycles. The average molecular weight is 522 g/mol. The summed E-state index contributed by atoms with van der Waals surface area (Å²) in [4.78, 5) is 24.7. The number of likely N-dealkylation sites (tertiary alicyclic amines) is 1. The van der Waals surface area contributed by atoms with E-state index in [1.165, 1.54) is 9.88 Å². The van der Waals surface area contributed by atoms with E-state index < -0.39 is 0 Å². The summed E-state index contributed by atoms with van der Waals surface area (Å²) in [5, 5.41) is 8.07. The molecule has 1 aromatic heterocycles.